The minimum atomic E-state index is -4.36. The lowest BCUT2D eigenvalue weighted by Crippen LogP contribution is -2.15. The summed E-state index contributed by atoms with van der Waals surface area (Å²) in [6.45, 7) is -0.692. The monoisotopic (exact) mass is 236 g/mol. The van der Waals surface area contributed by atoms with Crippen molar-refractivity contribution in [3.05, 3.63) is 18.1 Å². The van der Waals surface area contributed by atoms with Gasteiger partial charge in [0.1, 0.15) is 0 Å². The summed E-state index contributed by atoms with van der Waals surface area (Å²) in [7, 11) is 0. The summed E-state index contributed by atoms with van der Waals surface area (Å²) in [4.78, 5) is 17.5. The number of nitrogens with zero attached hydrogens (tertiary/aromatic N) is 2. The van der Waals surface area contributed by atoms with Gasteiger partial charge >= 0.3 is 12.1 Å². The Kier molecular flexibility index (Phi) is 3.64. The Morgan fingerprint density at radius 1 is 1.38 bits per heavy atom. The Morgan fingerprint density at radius 2 is 2.00 bits per heavy atom. The normalized spacial score (nSPS) is 11.2. The summed E-state index contributed by atoms with van der Waals surface area (Å²) < 4.78 is 40.0. The van der Waals surface area contributed by atoms with Gasteiger partial charge in [-0.05, 0) is 0 Å². The van der Waals surface area contributed by atoms with Crippen LogP contribution in [0.3, 0.4) is 0 Å². The highest BCUT2D eigenvalue weighted by atomic mass is 19.4. The van der Waals surface area contributed by atoms with Crippen LogP contribution in [0.1, 0.15) is 16.9 Å². The molecule has 16 heavy (non-hydrogen) atoms. The van der Waals surface area contributed by atoms with E-state index in [0.717, 1.165) is 12.4 Å². The summed E-state index contributed by atoms with van der Waals surface area (Å²) in [6, 6.07) is 0. The zero-order valence-corrected chi connectivity index (χ0v) is 7.86. The van der Waals surface area contributed by atoms with Crippen LogP contribution in [-0.2, 0) is 0 Å². The molecule has 8 heteroatoms. The molecular formula is C8H7F3N2O3. The maximum absolute atomic E-state index is 11.8. The van der Waals surface area contributed by atoms with Crippen LogP contribution in [0, 0.1) is 0 Å². The van der Waals surface area contributed by atoms with Crippen molar-refractivity contribution in [3.63, 3.8) is 0 Å². The first-order valence-corrected chi connectivity index (χ1v) is 4.14. The number of rotatable bonds is 4. The number of carboxylic acids is 1. The van der Waals surface area contributed by atoms with Crippen molar-refractivity contribution in [2.45, 2.75) is 12.6 Å². The van der Waals surface area contributed by atoms with Crippen molar-refractivity contribution in [2.24, 2.45) is 0 Å². The number of halogens is 3. The molecule has 0 unspecified atom stereocenters. The van der Waals surface area contributed by atoms with Crippen molar-refractivity contribution in [1.29, 1.82) is 0 Å². The molecule has 0 aromatic carbocycles. The van der Waals surface area contributed by atoms with Crippen LogP contribution in [0.15, 0.2) is 12.4 Å². The standard InChI is InChI=1S/C8H7F3N2O3/c9-8(10,11)1-4-16-6-5(7(14)15)12-2-3-13-6/h2-3H,1,4H2,(H,14,15). The second kappa shape index (κ2) is 4.77. The number of hydrogen-bond acceptors (Lipinski definition) is 4. The highest BCUT2D eigenvalue weighted by Crippen LogP contribution is 2.20. The van der Waals surface area contributed by atoms with Crippen molar-refractivity contribution in [2.75, 3.05) is 6.61 Å². The average Bonchev–Trinajstić information content (AvgIpc) is 2.16. The first-order valence-electron chi connectivity index (χ1n) is 4.14. The van der Waals surface area contributed by atoms with E-state index in [0.29, 0.717) is 0 Å². The number of hydrogen-bond donors (Lipinski definition) is 1. The molecule has 1 aromatic heterocycles. The van der Waals surface area contributed by atoms with Gasteiger partial charge in [0.15, 0.2) is 0 Å². The molecule has 0 atom stereocenters. The fourth-order valence-corrected chi connectivity index (χ4v) is 0.841. The largest absolute Gasteiger partial charge is 0.476 e. The third-order valence-electron chi connectivity index (χ3n) is 1.49. The maximum Gasteiger partial charge on any atom is 0.392 e. The fourth-order valence-electron chi connectivity index (χ4n) is 0.841. The van der Waals surface area contributed by atoms with Gasteiger partial charge in [0, 0.05) is 12.4 Å². The number of carbonyl (C=O) groups is 1. The summed E-state index contributed by atoms with van der Waals surface area (Å²) in [5, 5.41) is 8.62. The first kappa shape index (κ1) is 12.2. The molecule has 0 spiro atoms. The Balaban J connectivity index is 2.64. The molecule has 0 bridgehead atoms. The van der Waals surface area contributed by atoms with E-state index in [9.17, 15) is 18.0 Å². The van der Waals surface area contributed by atoms with Crippen molar-refractivity contribution >= 4 is 5.97 Å². The molecule has 0 aliphatic heterocycles. The Hall–Kier alpha value is -1.86. The van der Waals surface area contributed by atoms with E-state index in [-0.39, 0.29) is 0 Å². The number of ether oxygens (including phenoxy) is 1. The van der Waals surface area contributed by atoms with Gasteiger partial charge in [-0.3, -0.25) is 0 Å². The minimum Gasteiger partial charge on any atom is -0.476 e. The van der Waals surface area contributed by atoms with Crippen LogP contribution in [0.4, 0.5) is 13.2 Å². The summed E-state index contributed by atoms with van der Waals surface area (Å²) >= 11 is 0. The minimum absolute atomic E-state index is 0.417. The maximum atomic E-state index is 11.8. The Bertz CT molecular complexity index is 381. The third-order valence-corrected chi connectivity index (χ3v) is 1.49. The molecule has 0 amide bonds. The van der Waals surface area contributed by atoms with E-state index in [4.69, 9.17) is 5.11 Å². The van der Waals surface area contributed by atoms with Crippen molar-refractivity contribution < 1.29 is 27.8 Å². The zero-order chi connectivity index (χ0) is 12.2. The quantitative estimate of drug-likeness (QED) is 0.857. The van der Waals surface area contributed by atoms with Gasteiger partial charge in [0.2, 0.25) is 11.6 Å². The van der Waals surface area contributed by atoms with Crippen LogP contribution in [0.5, 0.6) is 5.88 Å². The van der Waals surface area contributed by atoms with Gasteiger partial charge in [-0.25, -0.2) is 14.8 Å². The van der Waals surface area contributed by atoms with E-state index in [1.54, 1.807) is 0 Å². The van der Waals surface area contributed by atoms with Crippen molar-refractivity contribution in [1.82, 2.24) is 9.97 Å². The molecule has 1 aromatic rings. The van der Waals surface area contributed by atoms with E-state index >= 15 is 0 Å². The molecule has 1 N–H and O–H groups in total. The lowest BCUT2D eigenvalue weighted by molar-refractivity contribution is -0.139. The molecule has 0 saturated heterocycles. The Labute approximate surface area is 87.9 Å². The van der Waals surface area contributed by atoms with Crippen LogP contribution in [-0.4, -0.2) is 33.8 Å². The molecular weight excluding hydrogens is 229 g/mol. The van der Waals surface area contributed by atoms with Crippen LogP contribution >= 0.6 is 0 Å². The highest BCUT2D eigenvalue weighted by Gasteiger charge is 2.27. The van der Waals surface area contributed by atoms with E-state index < -0.39 is 36.7 Å². The molecule has 1 heterocycles. The van der Waals surface area contributed by atoms with Crippen molar-refractivity contribution in [3.8, 4) is 5.88 Å². The van der Waals surface area contributed by atoms with Crippen LogP contribution in [0.25, 0.3) is 0 Å². The number of aromatic carboxylic acids is 1. The lowest BCUT2D eigenvalue weighted by atomic mass is 10.4. The van der Waals surface area contributed by atoms with Gasteiger partial charge in [0.25, 0.3) is 0 Å². The average molecular weight is 236 g/mol. The second-order valence-corrected chi connectivity index (χ2v) is 2.73. The number of carboxylic acid groups (broad SMARTS) is 1. The SMILES string of the molecule is O=C(O)c1nccnc1OCCC(F)(F)F. The summed E-state index contributed by atoms with van der Waals surface area (Å²) in [5.74, 6) is -1.82. The highest BCUT2D eigenvalue weighted by molar-refractivity contribution is 5.87. The fraction of sp³-hybridized carbons (Fsp3) is 0.375. The van der Waals surface area contributed by atoms with Gasteiger partial charge < -0.3 is 9.84 Å². The molecule has 0 fully saturated rings. The van der Waals surface area contributed by atoms with Crippen LogP contribution in [0.2, 0.25) is 0 Å². The molecule has 0 saturated carbocycles. The van der Waals surface area contributed by atoms with Gasteiger partial charge in [-0.15, -0.1) is 0 Å². The molecule has 0 aliphatic rings. The van der Waals surface area contributed by atoms with E-state index in [1.165, 1.54) is 0 Å². The number of alkyl halides is 3. The molecule has 0 radical (unpaired) electrons. The third kappa shape index (κ3) is 3.71. The van der Waals surface area contributed by atoms with Crippen LogP contribution < -0.4 is 4.74 Å². The molecule has 1 rings (SSSR count). The molecule has 0 aliphatic carbocycles. The summed E-state index contributed by atoms with van der Waals surface area (Å²) in [5.41, 5.74) is -0.510. The smallest absolute Gasteiger partial charge is 0.392 e. The van der Waals surface area contributed by atoms with Gasteiger partial charge in [-0.1, -0.05) is 0 Å². The topological polar surface area (TPSA) is 72.3 Å². The van der Waals surface area contributed by atoms with E-state index in [2.05, 4.69) is 14.7 Å². The van der Waals surface area contributed by atoms with Gasteiger partial charge in [-0.2, -0.15) is 13.2 Å². The Morgan fingerprint density at radius 3 is 2.56 bits per heavy atom. The first-order chi connectivity index (χ1) is 7.40. The predicted molar refractivity (Wildman–Crippen MR) is 45.2 cm³/mol. The molecule has 88 valence electrons. The van der Waals surface area contributed by atoms with E-state index in [1.807, 2.05) is 0 Å². The second-order valence-electron chi connectivity index (χ2n) is 2.73. The summed E-state index contributed by atoms with van der Waals surface area (Å²) in [6.07, 6.45) is -3.29. The predicted octanol–water partition coefficient (Wildman–Crippen LogP) is 1.51. The van der Waals surface area contributed by atoms with Gasteiger partial charge in [0.05, 0.1) is 13.0 Å². The number of aromatic nitrogens is 2. The zero-order valence-electron chi connectivity index (χ0n) is 7.86. The molecule has 5 nitrogen and oxygen atoms in total. The lowest BCUT2D eigenvalue weighted by Gasteiger charge is -2.08.